The molecular weight excluding hydrogens is 300 g/mol. The van der Waals surface area contributed by atoms with Crippen molar-refractivity contribution in [2.45, 2.75) is 32.5 Å². The third kappa shape index (κ3) is 3.03. The highest BCUT2D eigenvalue weighted by Gasteiger charge is 2.22. The average Bonchev–Trinajstić information content (AvgIpc) is 3.20. The van der Waals surface area contributed by atoms with Crippen LogP contribution in [0.15, 0.2) is 55.1 Å². The highest BCUT2D eigenvalue weighted by molar-refractivity contribution is 5.39. The van der Waals surface area contributed by atoms with Crippen LogP contribution < -0.4 is 10.1 Å². The number of nitrogens with zero attached hydrogens (tertiary/aromatic N) is 3. The van der Waals surface area contributed by atoms with Crippen molar-refractivity contribution in [3.05, 3.63) is 72.1 Å². The molecule has 5 nitrogen and oxygen atoms in total. The molecule has 1 unspecified atom stereocenters. The molecule has 1 aromatic carbocycles. The number of benzene rings is 1. The van der Waals surface area contributed by atoms with Crippen molar-refractivity contribution >= 4 is 0 Å². The Labute approximate surface area is 141 Å². The summed E-state index contributed by atoms with van der Waals surface area (Å²) in [5, 5.41) is 3.60. The Hall–Kier alpha value is -2.66. The van der Waals surface area contributed by atoms with Gasteiger partial charge < -0.3 is 14.6 Å². The largest absolute Gasteiger partial charge is 0.455 e. The molecule has 0 aliphatic carbocycles. The van der Waals surface area contributed by atoms with Crippen LogP contribution in [0.4, 0.5) is 0 Å². The number of imidazole rings is 1. The molecule has 122 valence electrons. The number of nitrogens with one attached hydrogen (secondary N) is 1. The highest BCUT2D eigenvalue weighted by atomic mass is 16.5. The minimum absolute atomic E-state index is 0.339. The second-order valence-corrected chi connectivity index (χ2v) is 6.09. The van der Waals surface area contributed by atoms with E-state index in [9.17, 15) is 0 Å². The molecule has 0 saturated carbocycles. The predicted molar refractivity (Wildman–Crippen MR) is 91.9 cm³/mol. The van der Waals surface area contributed by atoms with E-state index in [1.165, 1.54) is 5.56 Å². The molecule has 0 spiro atoms. The monoisotopic (exact) mass is 320 g/mol. The maximum Gasteiger partial charge on any atom is 0.145 e. The fourth-order valence-electron chi connectivity index (χ4n) is 3.12. The smallest absolute Gasteiger partial charge is 0.145 e. The Balaban J connectivity index is 1.41. The standard InChI is InChI=1S/C19H20N4O/c1-14-11-15(4-5-18(14)24-16-3-2-7-20-13-16)12-22-17-6-9-23-10-8-21-19(17)23/h2-5,7-8,10-11,13,17,22H,6,9,12H2,1H3. The fourth-order valence-corrected chi connectivity index (χ4v) is 3.12. The lowest BCUT2D eigenvalue weighted by Gasteiger charge is -2.13. The van der Waals surface area contributed by atoms with Crippen LogP contribution in [0.3, 0.4) is 0 Å². The number of pyridine rings is 1. The summed E-state index contributed by atoms with van der Waals surface area (Å²) in [6.07, 6.45) is 8.48. The maximum absolute atomic E-state index is 5.88. The van der Waals surface area contributed by atoms with Crippen LogP contribution in [0, 0.1) is 6.92 Å². The van der Waals surface area contributed by atoms with E-state index >= 15 is 0 Å². The zero-order chi connectivity index (χ0) is 16.4. The third-order valence-corrected chi connectivity index (χ3v) is 4.37. The lowest BCUT2D eigenvalue weighted by Crippen LogP contribution is -2.19. The van der Waals surface area contributed by atoms with Gasteiger partial charge in [-0.2, -0.15) is 0 Å². The molecule has 0 amide bonds. The number of fused-ring (bicyclic) bond motifs is 1. The molecule has 1 atom stereocenters. The zero-order valence-electron chi connectivity index (χ0n) is 13.6. The molecule has 0 bridgehead atoms. The summed E-state index contributed by atoms with van der Waals surface area (Å²) in [7, 11) is 0. The normalized spacial score (nSPS) is 16.1. The van der Waals surface area contributed by atoms with Crippen molar-refractivity contribution in [1.82, 2.24) is 19.9 Å². The summed E-state index contributed by atoms with van der Waals surface area (Å²) < 4.78 is 8.10. The number of ether oxygens (including phenoxy) is 1. The van der Waals surface area contributed by atoms with Crippen LogP contribution in [0.5, 0.6) is 11.5 Å². The zero-order valence-corrected chi connectivity index (χ0v) is 13.6. The van der Waals surface area contributed by atoms with Gasteiger partial charge >= 0.3 is 0 Å². The second-order valence-electron chi connectivity index (χ2n) is 6.09. The van der Waals surface area contributed by atoms with Gasteiger partial charge in [-0.1, -0.05) is 12.1 Å². The Morgan fingerprint density at radius 1 is 1.29 bits per heavy atom. The van der Waals surface area contributed by atoms with Crippen LogP contribution in [0.2, 0.25) is 0 Å². The Morgan fingerprint density at radius 3 is 3.08 bits per heavy atom. The summed E-state index contributed by atoms with van der Waals surface area (Å²) in [6, 6.07) is 10.4. The molecule has 5 heteroatoms. The first-order chi connectivity index (χ1) is 11.8. The maximum atomic E-state index is 5.88. The van der Waals surface area contributed by atoms with Crippen LogP contribution >= 0.6 is 0 Å². The highest BCUT2D eigenvalue weighted by Crippen LogP contribution is 2.27. The molecule has 3 heterocycles. The summed E-state index contributed by atoms with van der Waals surface area (Å²) in [4.78, 5) is 8.52. The molecule has 1 N–H and O–H groups in total. The topological polar surface area (TPSA) is 52.0 Å². The van der Waals surface area contributed by atoms with Crippen LogP contribution in [0.25, 0.3) is 0 Å². The van der Waals surface area contributed by atoms with Gasteiger partial charge in [0.15, 0.2) is 0 Å². The van der Waals surface area contributed by atoms with Gasteiger partial charge in [-0.25, -0.2) is 4.98 Å². The van der Waals surface area contributed by atoms with Crippen molar-refractivity contribution in [2.75, 3.05) is 0 Å². The van der Waals surface area contributed by atoms with Crippen molar-refractivity contribution in [1.29, 1.82) is 0 Å². The fraction of sp³-hybridized carbons (Fsp3) is 0.263. The van der Waals surface area contributed by atoms with Gasteiger partial charge in [-0.15, -0.1) is 0 Å². The van der Waals surface area contributed by atoms with E-state index in [0.717, 1.165) is 42.4 Å². The Bertz CT molecular complexity index is 828. The first-order valence-corrected chi connectivity index (χ1v) is 8.21. The van der Waals surface area contributed by atoms with Gasteiger partial charge in [0.25, 0.3) is 0 Å². The minimum atomic E-state index is 0.339. The van der Waals surface area contributed by atoms with Crippen molar-refractivity contribution in [3.8, 4) is 11.5 Å². The molecule has 0 saturated heterocycles. The average molecular weight is 320 g/mol. The Kier molecular flexibility index (Phi) is 4.01. The van der Waals surface area contributed by atoms with Gasteiger partial charge in [0.2, 0.25) is 0 Å². The van der Waals surface area contributed by atoms with E-state index < -0.39 is 0 Å². The van der Waals surface area contributed by atoms with Gasteiger partial charge in [0, 0.05) is 31.7 Å². The van der Waals surface area contributed by atoms with Crippen LogP contribution in [-0.4, -0.2) is 14.5 Å². The summed E-state index contributed by atoms with van der Waals surface area (Å²) in [5.74, 6) is 2.76. The number of hydrogen-bond donors (Lipinski definition) is 1. The van der Waals surface area contributed by atoms with E-state index in [1.54, 1.807) is 12.4 Å². The summed E-state index contributed by atoms with van der Waals surface area (Å²) in [5.41, 5.74) is 2.36. The van der Waals surface area contributed by atoms with E-state index in [0.29, 0.717) is 6.04 Å². The second kappa shape index (κ2) is 6.45. The SMILES string of the molecule is Cc1cc(CNC2CCn3ccnc32)ccc1Oc1cccnc1. The quantitative estimate of drug-likeness (QED) is 0.780. The molecule has 0 radical (unpaired) electrons. The summed E-state index contributed by atoms with van der Waals surface area (Å²) in [6.45, 7) is 3.94. The molecular formula is C19H20N4O. The van der Waals surface area contributed by atoms with E-state index in [2.05, 4.69) is 38.9 Å². The van der Waals surface area contributed by atoms with Gasteiger partial charge in [0.05, 0.1) is 12.2 Å². The lowest BCUT2D eigenvalue weighted by molar-refractivity contribution is 0.475. The summed E-state index contributed by atoms with van der Waals surface area (Å²) >= 11 is 0. The van der Waals surface area contributed by atoms with E-state index in [4.69, 9.17) is 4.74 Å². The van der Waals surface area contributed by atoms with Crippen molar-refractivity contribution in [3.63, 3.8) is 0 Å². The first kappa shape index (κ1) is 14.9. The number of aromatic nitrogens is 3. The van der Waals surface area contributed by atoms with Crippen LogP contribution in [-0.2, 0) is 13.1 Å². The van der Waals surface area contributed by atoms with E-state index in [-0.39, 0.29) is 0 Å². The van der Waals surface area contributed by atoms with Crippen molar-refractivity contribution in [2.24, 2.45) is 0 Å². The molecule has 2 aromatic heterocycles. The number of rotatable bonds is 5. The van der Waals surface area contributed by atoms with E-state index in [1.807, 2.05) is 30.6 Å². The molecule has 1 aliphatic rings. The predicted octanol–water partition coefficient (Wildman–Crippen LogP) is 3.61. The lowest BCUT2D eigenvalue weighted by atomic mass is 10.1. The number of hydrogen-bond acceptors (Lipinski definition) is 4. The Morgan fingerprint density at radius 2 is 2.25 bits per heavy atom. The molecule has 1 aliphatic heterocycles. The minimum Gasteiger partial charge on any atom is -0.455 e. The third-order valence-electron chi connectivity index (χ3n) is 4.37. The first-order valence-electron chi connectivity index (χ1n) is 8.21. The van der Waals surface area contributed by atoms with Gasteiger partial charge in [0.1, 0.15) is 17.3 Å². The van der Waals surface area contributed by atoms with Gasteiger partial charge in [-0.05, 0) is 42.7 Å². The molecule has 0 fully saturated rings. The van der Waals surface area contributed by atoms with Crippen molar-refractivity contribution < 1.29 is 4.74 Å². The van der Waals surface area contributed by atoms with Crippen LogP contribution in [0.1, 0.15) is 29.4 Å². The van der Waals surface area contributed by atoms with Gasteiger partial charge in [-0.3, -0.25) is 4.98 Å². The molecule has 24 heavy (non-hydrogen) atoms. The molecule has 3 aromatic rings. The molecule has 4 rings (SSSR count). The number of aryl methyl sites for hydroxylation is 2.